The number of hydrogen-bond donors (Lipinski definition) is 1. The molecule has 0 aliphatic carbocycles. The SMILES string of the molecule is CC(C)(C)c1ccc(CS(=O)c2ccccc2N)cc1. The first-order valence-corrected chi connectivity index (χ1v) is 8.02. The summed E-state index contributed by atoms with van der Waals surface area (Å²) in [6.45, 7) is 6.56. The van der Waals surface area contributed by atoms with Crippen LogP contribution in [0, 0.1) is 0 Å². The molecule has 0 saturated carbocycles. The summed E-state index contributed by atoms with van der Waals surface area (Å²) in [6.07, 6.45) is 0. The number of nitrogens with two attached hydrogens (primary N) is 1. The maximum Gasteiger partial charge on any atom is 0.0620 e. The molecule has 0 spiro atoms. The lowest BCUT2D eigenvalue weighted by Gasteiger charge is -2.19. The molecule has 0 fully saturated rings. The highest BCUT2D eigenvalue weighted by Gasteiger charge is 2.14. The molecular formula is C17H21NOS. The maximum atomic E-state index is 12.3. The lowest BCUT2D eigenvalue weighted by Crippen LogP contribution is -2.10. The zero-order valence-electron chi connectivity index (χ0n) is 12.2. The van der Waals surface area contributed by atoms with Crippen LogP contribution in [-0.2, 0) is 22.0 Å². The second-order valence-electron chi connectivity index (χ2n) is 5.97. The summed E-state index contributed by atoms with van der Waals surface area (Å²) in [5.74, 6) is 0.499. The van der Waals surface area contributed by atoms with Crippen molar-refractivity contribution in [2.24, 2.45) is 0 Å². The summed E-state index contributed by atoms with van der Waals surface area (Å²) < 4.78 is 12.3. The number of benzene rings is 2. The molecule has 0 radical (unpaired) electrons. The Kier molecular flexibility index (Phi) is 4.29. The normalized spacial score (nSPS) is 13.2. The molecule has 0 bridgehead atoms. The van der Waals surface area contributed by atoms with E-state index in [-0.39, 0.29) is 5.41 Å². The van der Waals surface area contributed by atoms with Gasteiger partial charge in [-0.05, 0) is 28.7 Å². The van der Waals surface area contributed by atoms with E-state index >= 15 is 0 Å². The van der Waals surface area contributed by atoms with Crippen LogP contribution in [0.1, 0.15) is 31.9 Å². The molecular weight excluding hydrogens is 266 g/mol. The topological polar surface area (TPSA) is 43.1 Å². The lowest BCUT2D eigenvalue weighted by atomic mass is 9.87. The van der Waals surface area contributed by atoms with Crippen molar-refractivity contribution < 1.29 is 4.21 Å². The molecule has 0 saturated heterocycles. The number of nitrogen functional groups attached to an aromatic ring is 1. The molecule has 1 atom stereocenters. The molecule has 2 rings (SSSR count). The third kappa shape index (κ3) is 3.48. The molecule has 3 heteroatoms. The van der Waals surface area contributed by atoms with Crippen LogP contribution in [0.3, 0.4) is 0 Å². The molecule has 2 aromatic rings. The second kappa shape index (κ2) is 5.80. The van der Waals surface area contributed by atoms with Crippen molar-refractivity contribution in [2.75, 3.05) is 5.73 Å². The Morgan fingerprint density at radius 2 is 1.60 bits per heavy atom. The van der Waals surface area contributed by atoms with E-state index in [9.17, 15) is 4.21 Å². The zero-order valence-corrected chi connectivity index (χ0v) is 13.0. The first-order chi connectivity index (χ1) is 9.38. The van der Waals surface area contributed by atoms with Gasteiger partial charge in [0.05, 0.1) is 21.4 Å². The number of hydrogen-bond acceptors (Lipinski definition) is 2. The second-order valence-corrected chi connectivity index (χ2v) is 7.39. The van der Waals surface area contributed by atoms with Gasteiger partial charge in [-0.1, -0.05) is 57.2 Å². The van der Waals surface area contributed by atoms with Crippen LogP contribution in [0.4, 0.5) is 5.69 Å². The first-order valence-electron chi connectivity index (χ1n) is 6.70. The summed E-state index contributed by atoms with van der Waals surface area (Å²) in [7, 11) is -1.10. The predicted molar refractivity (Wildman–Crippen MR) is 86.1 cm³/mol. The van der Waals surface area contributed by atoms with E-state index < -0.39 is 10.8 Å². The monoisotopic (exact) mass is 287 g/mol. The summed E-state index contributed by atoms with van der Waals surface area (Å²) in [6, 6.07) is 15.7. The molecule has 2 aromatic carbocycles. The number of para-hydroxylation sites is 1. The van der Waals surface area contributed by atoms with Crippen LogP contribution in [0.15, 0.2) is 53.4 Å². The number of anilines is 1. The Balaban J connectivity index is 2.15. The molecule has 0 aliphatic heterocycles. The van der Waals surface area contributed by atoms with Crippen molar-refractivity contribution in [3.63, 3.8) is 0 Å². The van der Waals surface area contributed by atoms with E-state index in [4.69, 9.17) is 5.73 Å². The minimum atomic E-state index is -1.10. The minimum Gasteiger partial charge on any atom is -0.398 e. The van der Waals surface area contributed by atoms with Gasteiger partial charge in [0.1, 0.15) is 0 Å². The fraction of sp³-hybridized carbons (Fsp3) is 0.294. The highest BCUT2D eigenvalue weighted by Crippen LogP contribution is 2.23. The highest BCUT2D eigenvalue weighted by molar-refractivity contribution is 7.84. The summed E-state index contributed by atoms with van der Waals surface area (Å²) >= 11 is 0. The van der Waals surface area contributed by atoms with Crippen molar-refractivity contribution in [1.82, 2.24) is 0 Å². The van der Waals surface area contributed by atoms with Crippen molar-refractivity contribution in [3.05, 3.63) is 59.7 Å². The van der Waals surface area contributed by atoms with Gasteiger partial charge in [-0.3, -0.25) is 4.21 Å². The Bertz CT molecular complexity index is 612. The van der Waals surface area contributed by atoms with Gasteiger partial charge in [-0.2, -0.15) is 0 Å². The zero-order chi connectivity index (χ0) is 14.8. The average Bonchev–Trinajstić information content (AvgIpc) is 2.38. The van der Waals surface area contributed by atoms with Gasteiger partial charge in [-0.25, -0.2) is 0 Å². The van der Waals surface area contributed by atoms with E-state index in [2.05, 4.69) is 45.0 Å². The molecule has 1 unspecified atom stereocenters. The van der Waals surface area contributed by atoms with Crippen molar-refractivity contribution in [2.45, 2.75) is 36.8 Å². The van der Waals surface area contributed by atoms with Crippen molar-refractivity contribution in [3.8, 4) is 0 Å². The largest absolute Gasteiger partial charge is 0.398 e. The molecule has 2 nitrogen and oxygen atoms in total. The molecule has 2 N–H and O–H groups in total. The van der Waals surface area contributed by atoms with Gasteiger partial charge in [0, 0.05) is 5.69 Å². The minimum absolute atomic E-state index is 0.140. The van der Waals surface area contributed by atoms with Gasteiger partial charge in [0.25, 0.3) is 0 Å². The molecule has 0 aliphatic rings. The Morgan fingerprint density at radius 1 is 1.00 bits per heavy atom. The highest BCUT2D eigenvalue weighted by atomic mass is 32.2. The van der Waals surface area contributed by atoms with E-state index in [1.54, 1.807) is 6.07 Å². The summed E-state index contributed by atoms with van der Waals surface area (Å²) in [4.78, 5) is 0.715. The van der Waals surface area contributed by atoms with E-state index in [1.165, 1.54) is 5.56 Å². The number of rotatable bonds is 3. The van der Waals surface area contributed by atoms with Crippen LogP contribution in [0.5, 0.6) is 0 Å². The predicted octanol–water partition coefficient (Wildman–Crippen LogP) is 3.87. The average molecular weight is 287 g/mol. The summed E-state index contributed by atoms with van der Waals surface area (Å²) in [5, 5.41) is 0. The van der Waals surface area contributed by atoms with Gasteiger partial charge >= 0.3 is 0 Å². The van der Waals surface area contributed by atoms with Crippen molar-refractivity contribution in [1.29, 1.82) is 0 Å². The molecule has 0 heterocycles. The van der Waals surface area contributed by atoms with Crippen LogP contribution in [-0.4, -0.2) is 4.21 Å². The Labute approximate surface area is 123 Å². The smallest absolute Gasteiger partial charge is 0.0620 e. The third-order valence-corrected chi connectivity index (χ3v) is 4.74. The standard InChI is InChI=1S/C17H21NOS/c1-17(2,3)14-10-8-13(9-11-14)12-20(19)16-7-5-4-6-15(16)18/h4-11H,12,18H2,1-3H3. The van der Waals surface area contributed by atoms with Crippen LogP contribution in [0.25, 0.3) is 0 Å². The quantitative estimate of drug-likeness (QED) is 0.871. The van der Waals surface area contributed by atoms with E-state index in [1.807, 2.05) is 18.2 Å². The van der Waals surface area contributed by atoms with E-state index in [0.29, 0.717) is 16.3 Å². The van der Waals surface area contributed by atoms with Crippen LogP contribution < -0.4 is 5.73 Å². The first kappa shape index (κ1) is 14.8. The fourth-order valence-electron chi connectivity index (χ4n) is 2.02. The Morgan fingerprint density at radius 3 is 2.15 bits per heavy atom. The molecule has 0 aromatic heterocycles. The van der Waals surface area contributed by atoms with Crippen molar-refractivity contribution >= 4 is 16.5 Å². The van der Waals surface area contributed by atoms with Crippen LogP contribution in [0.2, 0.25) is 0 Å². The fourth-order valence-corrected chi connectivity index (χ4v) is 3.23. The van der Waals surface area contributed by atoms with Gasteiger partial charge in [0.15, 0.2) is 0 Å². The summed E-state index contributed by atoms with van der Waals surface area (Å²) in [5.41, 5.74) is 8.95. The third-order valence-electron chi connectivity index (χ3n) is 3.28. The maximum absolute atomic E-state index is 12.3. The van der Waals surface area contributed by atoms with Gasteiger partial charge < -0.3 is 5.73 Å². The molecule has 20 heavy (non-hydrogen) atoms. The van der Waals surface area contributed by atoms with E-state index in [0.717, 1.165) is 5.56 Å². The molecule has 106 valence electrons. The van der Waals surface area contributed by atoms with Crippen LogP contribution >= 0.6 is 0 Å². The van der Waals surface area contributed by atoms with Gasteiger partial charge in [0.2, 0.25) is 0 Å². The van der Waals surface area contributed by atoms with Gasteiger partial charge in [-0.15, -0.1) is 0 Å². The lowest BCUT2D eigenvalue weighted by molar-refractivity contribution is 0.590. The molecule has 0 amide bonds. The Hall–Kier alpha value is -1.61.